The van der Waals surface area contributed by atoms with Crippen LogP contribution in [0.4, 0.5) is 0 Å². The van der Waals surface area contributed by atoms with Gasteiger partial charge in [0, 0.05) is 11.9 Å². The van der Waals surface area contributed by atoms with E-state index in [-0.39, 0.29) is 5.41 Å². The van der Waals surface area contributed by atoms with Crippen LogP contribution in [-0.2, 0) is 0 Å². The van der Waals surface area contributed by atoms with Crippen molar-refractivity contribution >= 4 is 22.9 Å². The molecule has 2 N–H and O–H groups in total. The van der Waals surface area contributed by atoms with E-state index in [9.17, 15) is 0 Å². The van der Waals surface area contributed by atoms with Gasteiger partial charge in [0.15, 0.2) is 0 Å². The average molecular weight is 180 g/mol. The number of hydrogen-bond acceptors (Lipinski definition) is 2. The molecule has 1 atom stereocenters. The van der Waals surface area contributed by atoms with Crippen LogP contribution in [0, 0.1) is 5.41 Å². The predicted molar refractivity (Wildman–Crippen MR) is 56.3 cm³/mol. The fourth-order valence-corrected chi connectivity index (χ4v) is 1.00. The number of nitrogens with two attached hydrogens (primary N) is 1. The summed E-state index contributed by atoms with van der Waals surface area (Å²) in [6.45, 7) is 3.91. The van der Waals surface area contributed by atoms with Crippen LogP contribution in [0.25, 0.3) is 0 Å². The molecule has 64 valence electrons. The number of hydrogen-bond donors (Lipinski definition) is 1. The van der Waals surface area contributed by atoms with Crippen LogP contribution in [0.1, 0.15) is 13.8 Å². The van der Waals surface area contributed by atoms with Crippen molar-refractivity contribution in [1.29, 1.82) is 0 Å². The maximum atomic E-state index is 5.59. The number of aliphatic imine (C=N–C) groups is 1. The molecule has 0 aromatic heterocycles. The molecule has 3 heteroatoms. The van der Waals surface area contributed by atoms with Gasteiger partial charge in [0.2, 0.25) is 0 Å². The normalized spacial score (nSPS) is 28.0. The molecule has 2 nitrogen and oxygen atoms in total. The third kappa shape index (κ3) is 1.80. The van der Waals surface area contributed by atoms with Gasteiger partial charge in [0.25, 0.3) is 0 Å². The van der Waals surface area contributed by atoms with Gasteiger partial charge in [0.1, 0.15) is 0 Å². The van der Waals surface area contributed by atoms with Crippen LogP contribution in [0.3, 0.4) is 0 Å². The molecule has 0 bridgehead atoms. The minimum atomic E-state index is -0.323. The van der Waals surface area contributed by atoms with Gasteiger partial charge in [-0.15, -0.1) is 0 Å². The predicted octanol–water partition coefficient (Wildman–Crippen LogP) is 1.82. The van der Waals surface area contributed by atoms with Crippen molar-refractivity contribution in [3.63, 3.8) is 0 Å². The van der Waals surface area contributed by atoms with Crippen molar-refractivity contribution in [3.8, 4) is 0 Å². The van der Waals surface area contributed by atoms with E-state index in [1.807, 2.05) is 32.1 Å². The second kappa shape index (κ2) is 3.19. The third-order valence-corrected chi connectivity index (χ3v) is 2.34. The largest absolute Gasteiger partial charge is 0.392 e. The Kier molecular flexibility index (Phi) is 2.43. The molecular formula is C9H12N2S. The highest BCUT2D eigenvalue weighted by Gasteiger charge is 2.21. The Hall–Kier alpha value is -0.960. The van der Waals surface area contributed by atoms with E-state index in [0.29, 0.717) is 4.99 Å². The van der Waals surface area contributed by atoms with Crippen LogP contribution in [-0.4, -0.2) is 10.7 Å². The second-order valence-electron chi connectivity index (χ2n) is 3.07. The molecule has 0 aromatic carbocycles. The summed E-state index contributed by atoms with van der Waals surface area (Å²) in [5.74, 6) is 0. The molecule has 0 aromatic rings. The summed E-state index contributed by atoms with van der Waals surface area (Å²) >= 11 is 4.95. The number of allylic oxidation sites excluding steroid dienone is 1. The van der Waals surface area contributed by atoms with E-state index in [1.165, 1.54) is 0 Å². The highest BCUT2D eigenvalue weighted by molar-refractivity contribution is 7.80. The second-order valence-corrected chi connectivity index (χ2v) is 3.51. The molecule has 12 heavy (non-hydrogen) atoms. The monoisotopic (exact) mass is 180 g/mol. The van der Waals surface area contributed by atoms with Crippen LogP contribution in [0.2, 0.25) is 0 Å². The zero-order chi connectivity index (χ0) is 9.19. The smallest absolute Gasteiger partial charge is 0.0865 e. The van der Waals surface area contributed by atoms with Crippen molar-refractivity contribution < 1.29 is 0 Å². The van der Waals surface area contributed by atoms with Crippen LogP contribution < -0.4 is 5.73 Å². The first-order chi connectivity index (χ1) is 5.54. The summed E-state index contributed by atoms with van der Waals surface area (Å²) in [5, 5.41) is 0. The Balaban J connectivity index is 3.00. The molecule has 1 aliphatic rings. The van der Waals surface area contributed by atoms with E-state index in [1.54, 1.807) is 6.20 Å². The van der Waals surface area contributed by atoms with Gasteiger partial charge in [-0.1, -0.05) is 18.3 Å². The van der Waals surface area contributed by atoms with Gasteiger partial charge >= 0.3 is 0 Å². The van der Waals surface area contributed by atoms with Crippen molar-refractivity contribution in [3.05, 3.63) is 24.4 Å². The standard InChI is InChI=1S/C9H12N2S/c1-7-3-4-9(2,8(10)12)5-6-11-7/h3-6H,1-2H3,(H2,10,12). The molecule has 0 saturated heterocycles. The van der Waals surface area contributed by atoms with Crippen molar-refractivity contribution in [1.82, 2.24) is 0 Å². The van der Waals surface area contributed by atoms with Gasteiger partial charge in [-0.3, -0.25) is 4.99 Å². The first-order valence-electron chi connectivity index (χ1n) is 3.76. The summed E-state index contributed by atoms with van der Waals surface area (Å²) in [4.78, 5) is 4.61. The zero-order valence-electron chi connectivity index (χ0n) is 7.24. The molecule has 0 amide bonds. The fraction of sp³-hybridized carbons (Fsp3) is 0.333. The average Bonchev–Trinajstić information content (AvgIpc) is 2.15. The van der Waals surface area contributed by atoms with Gasteiger partial charge in [0.05, 0.1) is 10.4 Å². The molecule has 0 radical (unpaired) electrons. The van der Waals surface area contributed by atoms with E-state index in [2.05, 4.69) is 4.99 Å². The Morgan fingerprint density at radius 1 is 1.58 bits per heavy atom. The molecule has 1 rings (SSSR count). The lowest BCUT2D eigenvalue weighted by molar-refractivity contribution is 0.777. The minimum Gasteiger partial charge on any atom is -0.392 e. The van der Waals surface area contributed by atoms with E-state index >= 15 is 0 Å². The molecule has 0 fully saturated rings. The van der Waals surface area contributed by atoms with E-state index < -0.39 is 0 Å². The first kappa shape index (κ1) is 9.13. The van der Waals surface area contributed by atoms with Crippen LogP contribution in [0.15, 0.2) is 29.4 Å². The van der Waals surface area contributed by atoms with E-state index in [0.717, 1.165) is 5.71 Å². The van der Waals surface area contributed by atoms with Gasteiger partial charge in [-0.2, -0.15) is 0 Å². The number of nitrogens with zero attached hydrogens (tertiary/aromatic N) is 1. The fourth-order valence-electron chi connectivity index (χ4n) is 0.866. The lowest BCUT2D eigenvalue weighted by Crippen LogP contribution is -2.28. The lowest BCUT2D eigenvalue weighted by Gasteiger charge is -2.18. The van der Waals surface area contributed by atoms with Gasteiger partial charge in [-0.05, 0) is 26.0 Å². The van der Waals surface area contributed by atoms with Crippen molar-refractivity contribution in [2.45, 2.75) is 13.8 Å². The summed E-state index contributed by atoms with van der Waals surface area (Å²) in [5.41, 5.74) is 6.24. The van der Waals surface area contributed by atoms with Gasteiger partial charge < -0.3 is 5.73 Å². The first-order valence-corrected chi connectivity index (χ1v) is 4.17. The highest BCUT2D eigenvalue weighted by atomic mass is 32.1. The minimum absolute atomic E-state index is 0.323. The lowest BCUT2D eigenvalue weighted by atomic mass is 9.90. The highest BCUT2D eigenvalue weighted by Crippen LogP contribution is 2.22. The topological polar surface area (TPSA) is 38.4 Å². The Bertz CT molecular complexity index is 289. The molecule has 1 heterocycles. The van der Waals surface area contributed by atoms with E-state index in [4.69, 9.17) is 18.0 Å². The molecule has 0 aliphatic carbocycles. The summed E-state index contributed by atoms with van der Waals surface area (Å²) in [6.07, 6.45) is 7.55. The van der Waals surface area contributed by atoms with Crippen LogP contribution >= 0.6 is 12.2 Å². The third-order valence-electron chi connectivity index (χ3n) is 1.90. The van der Waals surface area contributed by atoms with Gasteiger partial charge in [-0.25, -0.2) is 0 Å². The summed E-state index contributed by atoms with van der Waals surface area (Å²) < 4.78 is 0. The summed E-state index contributed by atoms with van der Waals surface area (Å²) in [6, 6.07) is 0. The molecule has 1 unspecified atom stereocenters. The molecular weight excluding hydrogens is 168 g/mol. The Morgan fingerprint density at radius 3 is 2.83 bits per heavy atom. The van der Waals surface area contributed by atoms with Crippen molar-refractivity contribution in [2.24, 2.45) is 16.1 Å². The maximum Gasteiger partial charge on any atom is 0.0865 e. The number of rotatable bonds is 1. The Morgan fingerprint density at radius 2 is 2.25 bits per heavy atom. The SMILES string of the molecule is CC1=NC=CC(C)(C(N)=S)C=C1. The maximum absolute atomic E-state index is 5.59. The Labute approximate surface area is 77.9 Å². The van der Waals surface area contributed by atoms with Crippen molar-refractivity contribution in [2.75, 3.05) is 0 Å². The number of thiocarbonyl (C=S) groups is 1. The molecule has 0 spiro atoms. The molecule has 0 saturated carbocycles. The quantitative estimate of drug-likeness (QED) is 0.625. The zero-order valence-corrected chi connectivity index (χ0v) is 8.06. The summed E-state index contributed by atoms with van der Waals surface area (Å²) in [7, 11) is 0. The molecule has 1 aliphatic heterocycles. The van der Waals surface area contributed by atoms with Crippen LogP contribution in [0.5, 0.6) is 0 Å².